The van der Waals surface area contributed by atoms with Crippen LogP contribution in [-0.4, -0.2) is 46.3 Å². The van der Waals surface area contributed by atoms with Crippen molar-refractivity contribution < 1.29 is 4.79 Å². The molecule has 1 amide bonds. The van der Waals surface area contributed by atoms with Gasteiger partial charge in [0.25, 0.3) is 0 Å². The minimum absolute atomic E-state index is 0.128. The summed E-state index contributed by atoms with van der Waals surface area (Å²) >= 11 is 1.70. The molecule has 1 aliphatic heterocycles. The van der Waals surface area contributed by atoms with Crippen LogP contribution >= 0.6 is 11.3 Å². The van der Waals surface area contributed by atoms with Crippen LogP contribution in [0.2, 0.25) is 0 Å². The number of carbonyl (C=O) groups excluding carboxylic acids is 1. The zero-order valence-corrected chi connectivity index (χ0v) is 14.4. The smallest absolute Gasteiger partial charge is 0.234 e. The number of amides is 1. The van der Waals surface area contributed by atoms with Crippen molar-refractivity contribution in [2.24, 2.45) is 0 Å². The number of rotatable bonds is 7. The van der Waals surface area contributed by atoms with Gasteiger partial charge in [0, 0.05) is 18.8 Å². The molecule has 0 radical (unpaired) electrons. The summed E-state index contributed by atoms with van der Waals surface area (Å²) in [5.41, 5.74) is 2.48. The fraction of sp³-hybridized carbons (Fsp3) is 0.529. The number of nitrogens with one attached hydrogen (secondary N) is 1. The van der Waals surface area contributed by atoms with E-state index in [1.54, 1.807) is 11.3 Å². The van der Waals surface area contributed by atoms with Crippen molar-refractivity contribution >= 4 is 17.2 Å². The van der Waals surface area contributed by atoms with E-state index in [4.69, 9.17) is 0 Å². The van der Waals surface area contributed by atoms with E-state index < -0.39 is 0 Å². The van der Waals surface area contributed by atoms with Gasteiger partial charge in [-0.3, -0.25) is 14.4 Å². The Morgan fingerprint density at radius 1 is 1.52 bits per heavy atom. The molecule has 3 heterocycles. The third kappa shape index (κ3) is 4.65. The first-order valence-electron chi connectivity index (χ1n) is 8.21. The number of carbonyl (C=O) groups is 1. The second kappa shape index (κ2) is 7.75. The van der Waals surface area contributed by atoms with Crippen molar-refractivity contribution in [1.82, 2.24) is 20.0 Å². The molecule has 0 saturated carbocycles. The molecular weight excluding hydrogens is 308 g/mol. The van der Waals surface area contributed by atoms with Gasteiger partial charge >= 0.3 is 0 Å². The Morgan fingerprint density at radius 2 is 2.43 bits per heavy atom. The van der Waals surface area contributed by atoms with Crippen LogP contribution in [0, 0.1) is 6.92 Å². The van der Waals surface area contributed by atoms with Gasteiger partial charge in [-0.15, -0.1) is 0 Å². The molecule has 23 heavy (non-hydrogen) atoms. The summed E-state index contributed by atoms with van der Waals surface area (Å²) in [4.78, 5) is 14.4. The highest BCUT2D eigenvalue weighted by Crippen LogP contribution is 2.18. The summed E-state index contributed by atoms with van der Waals surface area (Å²) in [7, 11) is 0. The zero-order chi connectivity index (χ0) is 16.1. The summed E-state index contributed by atoms with van der Waals surface area (Å²) < 4.78 is 1.99. The third-order valence-electron chi connectivity index (χ3n) is 4.32. The van der Waals surface area contributed by atoms with Gasteiger partial charge in [-0.05, 0) is 60.7 Å². The van der Waals surface area contributed by atoms with Gasteiger partial charge < -0.3 is 5.32 Å². The van der Waals surface area contributed by atoms with Gasteiger partial charge in [0.05, 0.1) is 19.3 Å². The fourth-order valence-electron chi connectivity index (χ4n) is 3.11. The lowest BCUT2D eigenvalue weighted by Crippen LogP contribution is -2.41. The maximum atomic E-state index is 12.2. The van der Waals surface area contributed by atoms with Crippen molar-refractivity contribution in [3.05, 3.63) is 40.3 Å². The van der Waals surface area contributed by atoms with E-state index in [9.17, 15) is 4.79 Å². The van der Waals surface area contributed by atoms with Crippen LogP contribution in [0.4, 0.5) is 0 Å². The van der Waals surface area contributed by atoms with Crippen molar-refractivity contribution in [2.75, 3.05) is 19.6 Å². The second-order valence-electron chi connectivity index (χ2n) is 6.24. The van der Waals surface area contributed by atoms with Crippen LogP contribution < -0.4 is 5.32 Å². The highest BCUT2D eigenvalue weighted by molar-refractivity contribution is 7.07. The predicted octanol–water partition coefficient (Wildman–Crippen LogP) is 2.08. The molecule has 0 spiro atoms. The van der Waals surface area contributed by atoms with E-state index >= 15 is 0 Å². The van der Waals surface area contributed by atoms with Gasteiger partial charge in [0.1, 0.15) is 0 Å². The number of hydrogen-bond acceptors (Lipinski definition) is 4. The Morgan fingerprint density at radius 3 is 3.17 bits per heavy atom. The standard InChI is InChI=1S/C17H24N4OS/c1-14-9-19-21(10-14)11-16-3-2-7-20(16)12-17(22)18-6-4-15-5-8-23-13-15/h5,8-10,13,16H,2-4,6-7,11-12H2,1H3,(H,18,22). The summed E-state index contributed by atoms with van der Waals surface area (Å²) in [6, 6.07) is 2.52. The average molecular weight is 332 g/mol. The third-order valence-corrected chi connectivity index (χ3v) is 5.05. The number of nitrogens with zero attached hydrogens (tertiary/aromatic N) is 3. The van der Waals surface area contributed by atoms with Gasteiger partial charge in [-0.25, -0.2) is 0 Å². The van der Waals surface area contributed by atoms with E-state index in [0.29, 0.717) is 19.1 Å². The molecule has 5 nitrogen and oxygen atoms in total. The van der Waals surface area contributed by atoms with E-state index in [2.05, 4.69) is 45.3 Å². The first-order chi connectivity index (χ1) is 11.2. The fourth-order valence-corrected chi connectivity index (χ4v) is 3.82. The lowest BCUT2D eigenvalue weighted by Gasteiger charge is -2.23. The lowest BCUT2D eigenvalue weighted by molar-refractivity contribution is -0.122. The monoisotopic (exact) mass is 332 g/mol. The van der Waals surface area contributed by atoms with Crippen molar-refractivity contribution in [3.8, 4) is 0 Å². The lowest BCUT2D eigenvalue weighted by atomic mass is 10.2. The molecule has 1 atom stereocenters. The summed E-state index contributed by atoms with van der Waals surface area (Å²) in [6.45, 7) is 5.14. The van der Waals surface area contributed by atoms with Crippen molar-refractivity contribution in [1.29, 1.82) is 0 Å². The van der Waals surface area contributed by atoms with Crippen LogP contribution in [0.1, 0.15) is 24.0 Å². The molecule has 3 rings (SSSR count). The maximum Gasteiger partial charge on any atom is 0.234 e. The topological polar surface area (TPSA) is 50.2 Å². The first kappa shape index (κ1) is 16.2. The van der Waals surface area contributed by atoms with E-state index in [1.165, 1.54) is 11.1 Å². The normalized spacial score (nSPS) is 18.4. The molecule has 1 fully saturated rings. The van der Waals surface area contributed by atoms with Gasteiger partial charge in [-0.1, -0.05) is 0 Å². The number of aryl methyl sites for hydroxylation is 1. The Balaban J connectivity index is 1.43. The van der Waals surface area contributed by atoms with Crippen LogP contribution in [0.25, 0.3) is 0 Å². The second-order valence-corrected chi connectivity index (χ2v) is 7.02. The van der Waals surface area contributed by atoms with E-state index in [0.717, 1.165) is 32.4 Å². The molecule has 0 aromatic carbocycles. The van der Waals surface area contributed by atoms with Crippen molar-refractivity contribution in [3.63, 3.8) is 0 Å². The molecule has 124 valence electrons. The molecule has 0 aliphatic carbocycles. The highest BCUT2D eigenvalue weighted by Gasteiger charge is 2.26. The number of aromatic nitrogens is 2. The van der Waals surface area contributed by atoms with Crippen molar-refractivity contribution in [2.45, 2.75) is 38.8 Å². The Hall–Kier alpha value is -1.66. The molecule has 6 heteroatoms. The predicted molar refractivity (Wildman–Crippen MR) is 92.6 cm³/mol. The minimum atomic E-state index is 0.128. The Kier molecular flexibility index (Phi) is 5.46. The molecule has 1 aliphatic rings. The largest absolute Gasteiger partial charge is 0.355 e. The Bertz CT molecular complexity index is 622. The maximum absolute atomic E-state index is 12.2. The van der Waals surface area contributed by atoms with Crippen LogP contribution in [0.3, 0.4) is 0 Å². The SMILES string of the molecule is Cc1cnn(CC2CCCN2CC(=O)NCCc2ccsc2)c1. The molecule has 1 unspecified atom stereocenters. The number of thiophene rings is 1. The molecule has 0 bridgehead atoms. The van der Waals surface area contributed by atoms with E-state index in [1.807, 2.05) is 10.9 Å². The summed E-state index contributed by atoms with van der Waals surface area (Å²) in [5, 5.41) is 11.6. The minimum Gasteiger partial charge on any atom is -0.355 e. The van der Waals surface area contributed by atoms with E-state index in [-0.39, 0.29) is 5.91 Å². The average Bonchev–Trinajstić information content (AvgIpc) is 3.24. The van der Waals surface area contributed by atoms with Crippen LogP contribution in [0.15, 0.2) is 29.2 Å². The zero-order valence-electron chi connectivity index (χ0n) is 13.6. The molecule has 1 saturated heterocycles. The molecule has 1 N–H and O–H groups in total. The summed E-state index contributed by atoms with van der Waals surface area (Å²) in [5.74, 6) is 0.128. The van der Waals surface area contributed by atoms with Crippen LogP contribution in [0.5, 0.6) is 0 Å². The van der Waals surface area contributed by atoms with Gasteiger partial charge in [0.2, 0.25) is 5.91 Å². The quantitative estimate of drug-likeness (QED) is 0.844. The number of hydrogen-bond donors (Lipinski definition) is 1. The molecular formula is C17H24N4OS. The molecule has 2 aromatic heterocycles. The first-order valence-corrected chi connectivity index (χ1v) is 9.16. The number of likely N-dealkylation sites (tertiary alicyclic amines) is 1. The highest BCUT2D eigenvalue weighted by atomic mass is 32.1. The molecule has 2 aromatic rings. The van der Waals surface area contributed by atoms with Gasteiger partial charge in [-0.2, -0.15) is 16.4 Å². The van der Waals surface area contributed by atoms with Gasteiger partial charge in [0.15, 0.2) is 0 Å². The summed E-state index contributed by atoms with van der Waals surface area (Å²) in [6.07, 6.45) is 7.16. The Labute approximate surface area is 141 Å². The van der Waals surface area contributed by atoms with Crippen LogP contribution in [-0.2, 0) is 17.8 Å².